The average molecular weight is 364 g/mol. The topological polar surface area (TPSA) is 70.5 Å². The number of aliphatic carboxylic acids is 1. The van der Waals surface area contributed by atoms with Crippen molar-refractivity contribution in [1.82, 2.24) is 4.98 Å². The standard InChI is InChI=1S/C10H8Br2N2O3/c11-6-2-13-3-7(12)9(6)14-4-5(10(16)17)1-8(14)15/h2-3,5H,1,4H2,(H,16,17). The first-order valence-corrected chi connectivity index (χ1v) is 6.41. The largest absolute Gasteiger partial charge is 0.481 e. The van der Waals surface area contributed by atoms with E-state index in [1.54, 1.807) is 12.4 Å². The van der Waals surface area contributed by atoms with Crippen LogP contribution < -0.4 is 4.90 Å². The van der Waals surface area contributed by atoms with Gasteiger partial charge in [-0.1, -0.05) is 0 Å². The Balaban J connectivity index is 2.35. The van der Waals surface area contributed by atoms with Crippen LogP contribution in [0.15, 0.2) is 21.3 Å². The second-order valence-electron chi connectivity index (χ2n) is 3.70. The average Bonchev–Trinajstić information content (AvgIpc) is 2.61. The summed E-state index contributed by atoms with van der Waals surface area (Å²) in [5.41, 5.74) is 0.633. The van der Waals surface area contributed by atoms with E-state index >= 15 is 0 Å². The fraction of sp³-hybridized carbons (Fsp3) is 0.300. The van der Waals surface area contributed by atoms with Crippen LogP contribution in [-0.2, 0) is 9.59 Å². The number of amides is 1. The van der Waals surface area contributed by atoms with Crippen molar-refractivity contribution >= 4 is 49.4 Å². The van der Waals surface area contributed by atoms with Crippen LogP contribution in [0.5, 0.6) is 0 Å². The van der Waals surface area contributed by atoms with E-state index in [-0.39, 0.29) is 18.9 Å². The number of halogens is 2. The number of carbonyl (C=O) groups excluding carboxylic acids is 1. The van der Waals surface area contributed by atoms with Gasteiger partial charge in [0, 0.05) is 25.4 Å². The quantitative estimate of drug-likeness (QED) is 0.872. The Bertz CT molecular complexity index is 472. The Hall–Kier alpha value is -0.950. The van der Waals surface area contributed by atoms with Gasteiger partial charge in [-0.2, -0.15) is 0 Å². The van der Waals surface area contributed by atoms with Crippen molar-refractivity contribution in [3.8, 4) is 0 Å². The van der Waals surface area contributed by atoms with Crippen LogP contribution in [0, 0.1) is 5.92 Å². The molecule has 0 bridgehead atoms. The minimum absolute atomic E-state index is 0.0382. The number of nitrogens with zero attached hydrogens (tertiary/aromatic N) is 2. The van der Waals surface area contributed by atoms with E-state index in [1.165, 1.54) is 4.90 Å². The van der Waals surface area contributed by atoms with Crippen LogP contribution >= 0.6 is 31.9 Å². The number of hydrogen-bond donors (Lipinski definition) is 1. The molecule has 1 aromatic rings. The normalized spacial score (nSPS) is 19.8. The molecule has 1 saturated heterocycles. The molecule has 1 amide bonds. The summed E-state index contributed by atoms with van der Waals surface area (Å²) in [6, 6.07) is 0. The highest BCUT2D eigenvalue weighted by Gasteiger charge is 2.36. The molecule has 5 nitrogen and oxygen atoms in total. The molecular weight excluding hydrogens is 356 g/mol. The van der Waals surface area contributed by atoms with Gasteiger partial charge in [-0.15, -0.1) is 0 Å². The highest BCUT2D eigenvalue weighted by atomic mass is 79.9. The smallest absolute Gasteiger partial charge is 0.308 e. The third kappa shape index (κ3) is 2.35. The lowest BCUT2D eigenvalue weighted by Gasteiger charge is -2.18. The lowest BCUT2D eigenvalue weighted by Crippen LogP contribution is -2.26. The number of carboxylic acid groups (broad SMARTS) is 1. The molecule has 0 aromatic carbocycles. The Kier molecular flexibility index (Phi) is 3.48. The monoisotopic (exact) mass is 362 g/mol. The van der Waals surface area contributed by atoms with Crippen molar-refractivity contribution in [3.05, 3.63) is 21.3 Å². The molecule has 2 rings (SSSR count). The van der Waals surface area contributed by atoms with E-state index in [0.717, 1.165) is 0 Å². The second kappa shape index (κ2) is 4.73. The summed E-state index contributed by atoms with van der Waals surface area (Å²) in [4.78, 5) is 28.1. The third-order valence-electron chi connectivity index (χ3n) is 2.57. The summed E-state index contributed by atoms with van der Waals surface area (Å²) in [6.45, 7) is 0.190. The summed E-state index contributed by atoms with van der Waals surface area (Å²) in [7, 11) is 0. The van der Waals surface area contributed by atoms with Gasteiger partial charge >= 0.3 is 5.97 Å². The molecular formula is C10H8Br2N2O3. The van der Waals surface area contributed by atoms with Crippen LogP contribution in [0.1, 0.15) is 6.42 Å². The number of pyridine rings is 1. The number of anilines is 1. The van der Waals surface area contributed by atoms with Crippen LogP contribution in [0.4, 0.5) is 5.69 Å². The minimum Gasteiger partial charge on any atom is -0.481 e. The molecule has 0 spiro atoms. The van der Waals surface area contributed by atoms with Crippen molar-refractivity contribution < 1.29 is 14.7 Å². The van der Waals surface area contributed by atoms with Crippen molar-refractivity contribution in [2.24, 2.45) is 5.92 Å². The number of carboxylic acids is 1. The molecule has 1 N–H and O–H groups in total. The van der Waals surface area contributed by atoms with Gasteiger partial charge in [0.25, 0.3) is 0 Å². The van der Waals surface area contributed by atoms with E-state index in [2.05, 4.69) is 36.8 Å². The first kappa shape index (κ1) is 12.5. The second-order valence-corrected chi connectivity index (χ2v) is 5.40. The van der Waals surface area contributed by atoms with Crippen LogP contribution in [0.3, 0.4) is 0 Å². The summed E-state index contributed by atoms with van der Waals surface area (Å²) in [5.74, 6) is -1.78. The third-order valence-corrected chi connectivity index (χ3v) is 3.73. The van der Waals surface area contributed by atoms with Gasteiger partial charge in [-0.25, -0.2) is 0 Å². The maximum atomic E-state index is 11.8. The number of aromatic nitrogens is 1. The summed E-state index contributed by atoms with van der Waals surface area (Å²) < 4.78 is 1.32. The van der Waals surface area contributed by atoms with Gasteiger partial charge in [0.05, 0.1) is 20.6 Å². The molecule has 0 saturated carbocycles. The Morgan fingerprint density at radius 3 is 2.47 bits per heavy atom. The van der Waals surface area contributed by atoms with Gasteiger partial charge in [0.2, 0.25) is 5.91 Å². The fourth-order valence-electron chi connectivity index (χ4n) is 1.75. The maximum absolute atomic E-state index is 11.8. The zero-order valence-corrected chi connectivity index (χ0v) is 11.7. The molecule has 2 heterocycles. The lowest BCUT2D eigenvalue weighted by molar-refractivity contribution is -0.141. The molecule has 0 aliphatic carbocycles. The summed E-state index contributed by atoms with van der Waals surface area (Å²) in [6.07, 6.45) is 3.18. The maximum Gasteiger partial charge on any atom is 0.308 e. The van der Waals surface area contributed by atoms with Gasteiger partial charge in [0.1, 0.15) is 0 Å². The van der Waals surface area contributed by atoms with E-state index < -0.39 is 11.9 Å². The zero-order chi connectivity index (χ0) is 12.6. The van der Waals surface area contributed by atoms with Gasteiger partial charge in [0.15, 0.2) is 0 Å². The van der Waals surface area contributed by atoms with Crippen LogP contribution in [-0.4, -0.2) is 28.5 Å². The highest BCUT2D eigenvalue weighted by molar-refractivity contribution is 9.11. The molecule has 90 valence electrons. The number of hydrogen-bond acceptors (Lipinski definition) is 3. The Morgan fingerprint density at radius 1 is 1.41 bits per heavy atom. The van der Waals surface area contributed by atoms with Gasteiger partial charge < -0.3 is 10.0 Å². The summed E-state index contributed by atoms with van der Waals surface area (Å²) >= 11 is 6.62. The molecule has 1 aliphatic rings. The first-order valence-electron chi connectivity index (χ1n) is 4.83. The lowest BCUT2D eigenvalue weighted by atomic mass is 10.1. The fourth-order valence-corrected chi connectivity index (χ4v) is 3.11. The van der Waals surface area contributed by atoms with E-state index in [0.29, 0.717) is 14.6 Å². The molecule has 1 aromatic heterocycles. The number of carbonyl (C=O) groups is 2. The molecule has 1 unspecified atom stereocenters. The first-order chi connectivity index (χ1) is 8.00. The van der Waals surface area contributed by atoms with E-state index in [9.17, 15) is 9.59 Å². The van der Waals surface area contributed by atoms with Gasteiger partial charge in [-0.3, -0.25) is 14.6 Å². The molecule has 1 atom stereocenters. The van der Waals surface area contributed by atoms with E-state index in [1.807, 2.05) is 0 Å². The Morgan fingerprint density at radius 2 is 2.00 bits per heavy atom. The molecule has 7 heteroatoms. The van der Waals surface area contributed by atoms with Crippen molar-refractivity contribution in [2.45, 2.75) is 6.42 Å². The SMILES string of the molecule is O=C(O)C1CC(=O)N(c2c(Br)cncc2Br)C1. The summed E-state index contributed by atoms with van der Waals surface area (Å²) in [5, 5.41) is 8.92. The molecule has 1 aliphatic heterocycles. The minimum atomic E-state index is -0.942. The molecule has 17 heavy (non-hydrogen) atoms. The van der Waals surface area contributed by atoms with Crippen molar-refractivity contribution in [2.75, 3.05) is 11.4 Å². The van der Waals surface area contributed by atoms with Gasteiger partial charge in [-0.05, 0) is 31.9 Å². The Labute approximate surface area is 114 Å². The van der Waals surface area contributed by atoms with Crippen molar-refractivity contribution in [1.29, 1.82) is 0 Å². The highest BCUT2D eigenvalue weighted by Crippen LogP contribution is 2.36. The predicted octanol–water partition coefficient (Wildman–Crippen LogP) is 2.04. The molecule has 0 radical (unpaired) electrons. The molecule has 1 fully saturated rings. The van der Waals surface area contributed by atoms with Crippen LogP contribution in [0.2, 0.25) is 0 Å². The van der Waals surface area contributed by atoms with Crippen molar-refractivity contribution in [3.63, 3.8) is 0 Å². The number of rotatable bonds is 2. The van der Waals surface area contributed by atoms with E-state index in [4.69, 9.17) is 5.11 Å². The predicted molar refractivity (Wildman–Crippen MR) is 67.7 cm³/mol. The zero-order valence-electron chi connectivity index (χ0n) is 8.56. The van der Waals surface area contributed by atoms with Crippen LogP contribution in [0.25, 0.3) is 0 Å².